The second-order valence-corrected chi connectivity index (χ2v) is 10.5. The molecule has 5 rings (SSSR count). The van der Waals surface area contributed by atoms with Gasteiger partial charge >= 0.3 is 0 Å². The fourth-order valence-electron chi connectivity index (χ4n) is 6.39. The predicted molar refractivity (Wildman–Crippen MR) is 131 cm³/mol. The van der Waals surface area contributed by atoms with Gasteiger partial charge in [0.15, 0.2) is 0 Å². The van der Waals surface area contributed by atoms with Crippen LogP contribution in [0.25, 0.3) is 0 Å². The number of nitrogens with zero attached hydrogens (tertiary/aromatic N) is 3. The van der Waals surface area contributed by atoms with Gasteiger partial charge in [0, 0.05) is 5.41 Å². The van der Waals surface area contributed by atoms with Gasteiger partial charge in [-0.15, -0.1) is 0 Å². The second-order valence-electron chi connectivity index (χ2n) is 9.73. The van der Waals surface area contributed by atoms with E-state index in [0.29, 0.717) is 12.1 Å². The third-order valence-corrected chi connectivity index (χ3v) is 8.77. The van der Waals surface area contributed by atoms with Crippen molar-refractivity contribution >= 4 is 40.3 Å². The quantitative estimate of drug-likeness (QED) is 0.488. The van der Waals surface area contributed by atoms with Crippen LogP contribution in [0.2, 0.25) is 5.02 Å². The fraction of sp³-hybridized carbons (Fsp3) is 0.680. The van der Waals surface area contributed by atoms with Crippen LogP contribution >= 0.6 is 23.8 Å². The minimum Gasteiger partial charge on any atom is -0.293 e. The highest BCUT2D eigenvalue weighted by atomic mass is 35.5. The Morgan fingerprint density at radius 2 is 1.57 bits per heavy atom. The predicted octanol–water partition coefficient (Wildman–Crippen LogP) is 6.63. The molecule has 1 spiro atoms. The average molecular weight is 444 g/mol. The zero-order chi connectivity index (χ0) is 20.6. The first kappa shape index (κ1) is 20.9. The van der Waals surface area contributed by atoms with Gasteiger partial charge in [0.2, 0.25) is 0 Å². The molecule has 4 aliphatic rings. The summed E-state index contributed by atoms with van der Waals surface area (Å²) in [5.41, 5.74) is 1.08. The number of halogens is 1. The Hall–Kier alpha value is -0.970. The summed E-state index contributed by atoms with van der Waals surface area (Å²) in [5, 5.41) is 0.782. The topological polar surface area (TPSA) is 18.8 Å². The molecule has 2 saturated heterocycles. The maximum atomic E-state index is 6.74. The Morgan fingerprint density at radius 3 is 2.27 bits per heavy atom. The molecule has 2 aliphatic heterocycles. The van der Waals surface area contributed by atoms with E-state index in [0.717, 1.165) is 15.7 Å². The number of benzene rings is 1. The summed E-state index contributed by atoms with van der Waals surface area (Å²) in [6, 6.07) is 8.98. The first-order valence-corrected chi connectivity index (χ1v) is 12.9. The summed E-state index contributed by atoms with van der Waals surface area (Å²) in [6.07, 6.45) is 15.2. The van der Waals surface area contributed by atoms with Gasteiger partial charge in [-0.2, -0.15) is 0 Å². The molecule has 4 fully saturated rings. The standard InChI is InChI=1S/C25H34ClN3S/c26-20-13-5-6-14-21(20)29-23(27-19-11-3-1-4-12-19)22(28-17-9-10-18-28)25(24(29)30)15-7-2-8-16-25/h5-6,13-14,19,22H,1-4,7-12,15-18H2/t22-/m1/s1. The lowest BCUT2D eigenvalue weighted by Crippen LogP contribution is -2.50. The molecule has 1 aromatic rings. The number of amidine groups is 1. The highest BCUT2D eigenvalue weighted by Crippen LogP contribution is 2.51. The van der Waals surface area contributed by atoms with Crippen molar-refractivity contribution in [2.24, 2.45) is 10.4 Å². The molecule has 0 radical (unpaired) electrons. The van der Waals surface area contributed by atoms with Crippen LogP contribution in [0.3, 0.4) is 0 Å². The molecule has 2 aliphatic carbocycles. The van der Waals surface area contributed by atoms with Crippen LogP contribution in [0.5, 0.6) is 0 Å². The van der Waals surface area contributed by atoms with Gasteiger partial charge in [-0.25, -0.2) is 0 Å². The summed E-state index contributed by atoms with van der Waals surface area (Å²) < 4.78 is 0. The maximum Gasteiger partial charge on any atom is 0.127 e. The van der Waals surface area contributed by atoms with Crippen LogP contribution in [0.1, 0.15) is 77.0 Å². The molecule has 5 heteroatoms. The van der Waals surface area contributed by atoms with Crippen LogP contribution in [-0.2, 0) is 0 Å². The summed E-state index contributed by atoms with van der Waals surface area (Å²) in [7, 11) is 0. The lowest BCUT2D eigenvalue weighted by molar-refractivity contribution is 0.154. The second kappa shape index (κ2) is 8.88. The van der Waals surface area contributed by atoms with Gasteiger partial charge < -0.3 is 0 Å². The minimum absolute atomic E-state index is 0.0462. The molecular weight excluding hydrogens is 410 g/mol. The van der Waals surface area contributed by atoms with Crippen LogP contribution in [-0.4, -0.2) is 40.9 Å². The van der Waals surface area contributed by atoms with Gasteiger partial charge in [-0.3, -0.25) is 14.8 Å². The number of likely N-dealkylation sites (tertiary alicyclic amines) is 1. The van der Waals surface area contributed by atoms with E-state index in [1.165, 1.54) is 96.0 Å². The molecule has 1 atom stereocenters. The smallest absolute Gasteiger partial charge is 0.127 e. The van der Waals surface area contributed by atoms with Crippen molar-refractivity contribution in [3.05, 3.63) is 29.3 Å². The van der Waals surface area contributed by atoms with E-state index in [1.807, 2.05) is 12.1 Å². The van der Waals surface area contributed by atoms with Crippen molar-refractivity contribution in [1.82, 2.24) is 4.90 Å². The third-order valence-electron chi connectivity index (χ3n) is 7.86. The van der Waals surface area contributed by atoms with Crippen LogP contribution < -0.4 is 4.90 Å². The maximum absolute atomic E-state index is 6.74. The normalized spacial score (nSPS) is 29.4. The zero-order valence-electron chi connectivity index (χ0n) is 18.0. The number of aliphatic imine (C=N–C) groups is 1. The average Bonchev–Trinajstić information content (AvgIpc) is 3.37. The molecule has 0 N–H and O–H groups in total. The first-order valence-electron chi connectivity index (χ1n) is 12.1. The molecule has 162 valence electrons. The van der Waals surface area contributed by atoms with Gasteiger partial charge in [0.1, 0.15) is 5.84 Å². The fourth-order valence-corrected chi connectivity index (χ4v) is 7.11. The number of hydrogen-bond acceptors (Lipinski definition) is 3. The van der Waals surface area contributed by atoms with Gasteiger partial charge in [0.05, 0.1) is 27.8 Å². The molecule has 3 nitrogen and oxygen atoms in total. The highest BCUT2D eigenvalue weighted by molar-refractivity contribution is 7.80. The molecular formula is C25H34ClN3S. The zero-order valence-corrected chi connectivity index (χ0v) is 19.6. The molecule has 0 aromatic heterocycles. The summed E-state index contributed by atoms with van der Waals surface area (Å²) in [6.45, 7) is 2.35. The number of para-hydroxylation sites is 1. The SMILES string of the molecule is S=C1N(c2ccccc2Cl)C(=NC2CCCCC2)[C@@H](N2CCCC2)C12CCCCC2. The minimum atomic E-state index is 0.0462. The van der Waals surface area contributed by atoms with Gasteiger partial charge in [-0.1, -0.05) is 74.5 Å². The van der Waals surface area contributed by atoms with Crippen LogP contribution in [0, 0.1) is 5.41 Å². The molecule has 2 heterocycles. The van der Waals surface area contributed by atoms with Gasteiger partial charge in [-0.05, 0) is 63.7 Å². The van der Waals surface area contributed by atoms with Crippen LogP contribution in [0.4, 0.5) is 5.69 Å². The van der Waals surface area contributed by atoms with Crippen molar-refractivity contribution in [2.75, 3.05) is 18.0 Å². The number of rotatable bonds is 3. The van der Waals surface area contributed by atoms with E-state index in [1.54, 1.807) is 0 Å². The molecule has 2 saturated carbocycles. The molecule has 0 amide bonds. The number of hydrogen-bond donors (Lipinski definition) is 0. The number of anilines is 1. The van der Waals surface area contributed by atoms with E-state index in [4.69, 9.17) is 28.8 Å². The van der Waals surface area contributed by atoms with Crippen molar-refractivity contribution in [3.63, 3.8) is 0 Å². The Bertz CT molecular complexity index is 804. The Kier molecular flexibility index (Phi) is 6.19. The molecule has 0 bridgehead atoms. The summed E-state index contributed by atoms with van der Waals surface area (Å²) in [4.78, 5) is 11.6. The van der Waals surface area contributed by atoms with E-state index in [9.17, 15) is 0 Å². The van der Waals surface area contributed by atoms with Crippen molar-refractivity contribution in [2.45, 2.75) is 89.1 Å². The Balaban J connectivity index is 1.64. The van der Waals surface area contributed by atoms with E-state index in [-0.39, 0.29) is 5.41 Å². The molecule has 0 unspecified atom stereocenters. The lowest BCUT2D eigenvalue weighted by atomic mass is 9.70. The first-order chi connectivity index (χ1) is 14.7. The van der Waals surface area contributed by atoms with E-state index in [2.05, 4.69) is 21.9 Å². The monoisotopic (exact) mass is 443 g/mol. The van der Waals surface area contributed by atoms with Crippen molar-refractivity contribution < 1.29 is 0 Å². The largest absolute Gasteiger partial charge is 0.293 e. The third kappa shape index (κ3) is 3.63. The van der Waals surface area contributed by atoms with Crippen LogP contribution in [0.15, 0.2) is 29.3 Å². The molecule has 30 heavy (non-hydrogen) atoms. The Labute approximate surface area is 191 Å². The van der Waals surface area contributed by atoms with Crippen molar-refractivity contribution in [3.8, 4) is 0 Å². The van der Waals surface area contributed by atoms with Crippen molar-refractivity contribution in [1.29, 1.82) is 0 Å². The van der Waals surface area contributed by atoms with Gasteiger partial charge in [0.25, 0.3) is 0 Å². The summed E-state index contributed by atoms with van der Waals surface area (Å²) >= 11 is 13.1. The van der Waals surface area contributed by atoms with E-state index >= 15 is 0 Å². The summed E-state index contributed by atoms with van der Waals surface area (Å²) in [5.74, 6) is 1.21. The highest BCUT2D eigenvalue weighted by Gasteiger charge is 2.58. The van der Waals surface area contributed by atoms with E-state index < -0.39 is 0 Å². The number of thiocarbonyl (C=S) groups is 1. The Morgan fingerprint density at radius 1 is 0.900 bits per heavy atom. The molecule has 1 aromatic carbocycles. The lowest BCUT2D eigenvalue weighted by Gasteiger charge is -2.41.